The molecule has 0 aliphatic rings. The molecule has 10 heteroatoms. The van der Waals surface area contributed by atoms with E-state index in [-0.39, 0.29) is 34.0 Å². The van der Waals surface area contributed by atoms with Gasteiger partial charge in [-0.25, -0.2) is 4.39 Å². The number of benzene rings is 1. The maximum atomic E-state index is 14.3. The molecule has 0 radical (unpaired) electrons. The van der Waals surface area contributed by atoms with Crippen LogP contribution in [0.1, 0.15) is 18.3 Å². The number of H-pyrrole nitrogens is 1. The second-order valence-electron chi connectivity index (χ2n) is 5.02. The predicted octanol–water partition coefficient (Wildman–Crippen LogP) is 5.76. The van der Waals surface area contributed by atoms with Gasteiger partial charge in [-0.3, -0.25) is 4.79 Å². The monoisotopic (exact) mass is 417 g/mol. The van der Waals surface area contributed by atoms with Gasteiger partial charge in [0.1, 0.15) is 22.1 Å². The molecule has 3 nitrogen and oxygen atoms in total. The number of nitrogens with one attached hydrogen (secondary N) is 1. The van der Waals surface area contributed by atoms with E-state index in [0.717, 1.165) is 25.1 Å². The molecule has 2 aromatic rings. The van der Waals surface area contributed by atoms with Crippen molar-refractivity contribution in [2.24, 2.45) is 0 Å². The lowest BCUT2D eigenvalue weighted by molar-refractivity contribution is -0.140. The van der Waals surface area contributed by atoms with Gasteiger partial charge in [-0.2, -0.15) is 13.2 Å². The van der Waals surface area contributed by atoms with E-state index in [1.54, 1.807) is 0 Å². The highest BCUT2D eigenvalue weighted by molar-refractivity contribution is 6.44. The summed E-state index contributed by atoms with van der Waals surface area (Å²) in [6.07, 6.45) is -4.86. The van der Waals surface area contributed by atoms with Crippen molar-refractivity contribution in [2.45, 2.75) is 24.4 Å². The van der Waals surface area contributed by atoms with Crippen LogP contribution in [0.15, 0.2) is 18.2 Å². The molecule has 1 heterocycles. The quantitative estimate of drug-likeness (QED) is 0.297. The summed E-state index contributed by atoms with van der Waals surface area (Å²) >= 11 is 17.1. The Morgan fingerprint density at radius 1 is 1.24 bits per heavy atom. The number of aromatic amines is 1. The second kappa shape index (κ2) is 7.43. The minimum atomic E-state index is -4.68. The minimum absolute atomic E-state index is 0.0164. The zero-order valence-corrected chi connectivity index (χ0v) is 14.7. The molecular weight excluding hydrogens is 409 g/mol. The third-order valence-electron chi connectivity index (χ3n) is 3.13. The van der Waals surface area contributed by atoms with E-state index in [1.165, 1.54) is 0 Å². The Morgan fingerprint density at radius 3 is 2.40 bits per heavy atom. The molecule has 0 amide bonds. The van der Waals surface area contributed by atoms with Gasteiger partial charge < -0.3 is 9.72 Å². The molecule has 25 heavy (non-hydrogen) atoms. The standard InChI is InChI=1S/C15H10Cl3F4NO2/c1-6(24)25-12-2-7(10(19)4-9(12)16)8-3-13(15(20,21)22)23-11(8)5-14(17)18/h2-4,14,23H,5H2,1H3. The molecule has 0 atom stereocenters. The molecule has 0 bridgehead atoms. The summed E-state index contributed by atoms with van der Waals surface area (Å²) in [5.74, 6) is -1.79. The van der Waals surface area contributed by atoms with Crippen molar-refractivity contribution in [1.82, 2.24) is 4.98 Å². The SMILES string of the molecule is CC(=O)Oc1cc(-c2cc(C(F)(F)F)[nH]c2CC(Cl)Cl)c(F)cc1Cl. The topological polar surface area (TPSA) is 42.1 Å². The average molecular weight is 419 g/mol. The Morgan fingerprint density at radius 2 is 1.88 bits per heavy atom. The molecule has 1 aromatic heterocycles. The van der Waals surface area contributed by atoms with E-state index in [1.807, 2.05) is 0 Å². The van der Waals surface area contributed by atoms with Crippen LogP contribution in [0.2, 0.25) is 5.02 Å². The third-order valence-corrected chi connectivity index (χ3v) is 3.73. The molecule has 0 unspecified atom stereocenters. The fourth-order valence-corrected chi connectivity index (χ4v) is 2.67. The van der Waals surface area contributed by atoms with Crippen LogP contribution in [-0.4, -0.2) is 15.8 Å². The highest BCUT2D eigenvalue weighted by Gasteiger charge is 2.34. The minimum Gasteiger partial charge on any atom is -0.425 e. The maximum absolute atomic E-state index is 14.3. The van der Waals surface area contributed by atoms with E-state index in [9.17, 15) is 22.4 Å². The van der Waals surface area contributed by atoms with E-state index >= 15 is 0 Å². The van der Waals surface area contributed by atoms with Crippen molar-refractivity contribution < 1.29 is 27.1 Å². The van der Waals surface area contributed by atoms with Gasteiger partial charge in [-0.05, 0) is 18.2 Å². The normalized spacial score (nSPS) is 11.9. The lowest BCUT2D eigenvalue weighted by Crippen LogP contribution is -2.05. The summed E-state index contributed by atoms with van der Waals surface area (Å²) in [7, 11) is 0. The van der Waals surface area contributed by atoms with Crippen LogP contribution in [-0.2, 0) is 17.4 Å². The number of halogens is 7. The Labute approximate surface area is 154 Å². The van der Waals surface area contributed by atoms with Crippen molar-refractivity contribution in [3.63, 3.8) is 0 Å². The van der Waals surface area contributed by atoms with Crippen LogP contribution in [0.25, 0.3) is 11.1 Å². The molecule has 1 N–H and O–H groups in total. The van der Waals surface area contributed by atoms with Gasteiger partial charge in [-0.1, -0.05) is 11.6 Å². The fraction of sp³-hybridized carbons (Fsp3) is 0.267. The number of rotatable bonds is 4. The Hall–Kier alpha value is -1.44. The van der Waals surface area contributed by atoms with Gasteiger partial charge in [0.2, 0.25) is 0 Å². The summed E-state index contributed by atoms with van der Waals surface area (Å²) in [6, 6.07) is 2.62. The molecule has 136 valence electrons. The predicted molar refractivity (Wildman–Crippen MR) is 86.7 cm³/mol. The van der Waals surface area contributed by atoms with Crippen LogP contribution >= 0.6 is 34.8 Å². The number of carbonyl (C=O) groups is 1. The van der Waals surface area contributed by atoms with E-state index in [2.05, 4.69) is 4.98 Å². The average Bonchev–Trinajstić information content (AvgIpc) is 2.84. The molecule has 0 saturated heterocycles. The fourth-order valence-electron chi connectivity index (χ4n) is 2.17. The number of hydrogen-bond acceptors (Lipinski definition) is 2. The van der Waals surface area contributed by atoms with Gasteiger partial charge in [-0.15, -0.1) is 23.2 Å². The van der Waals surface area contributed by atoms with Crippen molar-refractivity contribution in [3.05, 3.63) is 40.4 Å². The Bertz CT molecular complexity index is 803. The molecule has 0 aliphatic carbocycles. The van der Waals surface area contributed by atoms with E-state index in [0.29, 0.717) is 0 Å². The summed E-state index contributed by atoms with van der Waals surface area (Å²) < 4.78 is 58.0. The van der Waals surface area contributed by atoms with Crippen molar-refractivity contribution in [1.29, 1.82) is 0 Å². The Balaban J connectivity index is 2.63. The summed E-state index contributed by atoms with van der Waals surface area (Å²) in [5, 5.41) is -0.197. The zero-order chi connectivity index (χ0) is 18.9. The van der Waals surface area contributed by atoms with E-state index < -0.39 is 28.5 Å². The van der Waals surface area contributed by atoms with Gasteiger partial charge >= 0.3 is 12.1 Å². The molecule has 2 rings (SSSR count). The maximum Gasteiger partial charge on any atom is 0.431 e. The molecular formula is C15H10Cl3F4NO2. The first kappa shape index (κ1) is 19.9. The number of aromatic nitrogens is 1. The van der Waals surface area contributed by atoms with Gasteiger partial charge in [0, 0.05) is 30.2 Å². The molecule has 0 spiro atoms. The van der Waals surface area contributed by atoms with Crippen molar-refractivity contribution >= 4 is 40.8 Å². The summed E-state index contributed by atoms with van der Waals surface area (Å²) in [4.78, 5) is 12.2. The van der Waals surface area contributed by atoms with Crippen LogP contribution in [0, 0.1) is 5.82 Å². The van der Waals surface area contributed by atoms with Gasteiger partial charge in [0.05, 0.1) is 5.02 Å². The van der Waals surface area contributed by atoms with E-state index in [4.69, 9.17) is 39.5 Å². The van der Waals surface area contributed by atoms with Crippen molar-refractivity contribution in [2.75, 3.05) is 0 Å². The summed E-state index contributed by atoms with van der Waals surface area (Å²) in [6.45, 7) is 1.11. The number of hydrogen-bond donors (Lipinski definition) is 1. The first-order chi connectivity index (χ1) is 11.5. The number of esters is 1. The van der Waals surface area contributed by atoms with Crippen LogP contribution in [0.5, 0.6) is 5.75 Å². The molecule has 0 saturated carbocycles. The molecule has 0 fully saturated rings. The first-order valence-corrected chi connectivity index (χ1v) is 7.99. The van der Waals surface area contributed by atoms with Crippen LogP contribution in [0.4, 0.5) is 17.6 Å². The van der Waals surface area contributed by atoms with Crippen molar-refractivity contribution in [3.8, 4) is 16.9 Å². The third kappa shape index (κ3) is 4.80. The first-order valence-electron chi connectivity index (χ1n) is 6.74. The Kier molecular flexibility index (Phi) is 5.91. The zero-order valence-electron chi connectivity index (χ0n) is 12.5. The highest BCUT2D eigenvalue weighted by Crippen LogP contribution is 2.39. The number of alkyl halides is 5. The number of ether oxygens (including phenoxy) is 1. The van der Waals surface area contributed by atoms with Gasteiger partial charge in [0.25, 0.3) is 0 Å². The second-order valence-corrected chi connectivity index (χ2v) is 6.71. The lowest BCUT2D eigenvalue weighted by Gasteiger charge is -2.10. The van der Waals surface area contributed by atoms with Crippen LogP contribution < -0.4 is 4.74 Å². The molecule has 0 aliphatic heterocycles. The number of carbonyl (C=O) groups excluding carboxylic acids is 1. The smallest absolute Gasteiger partial charge is 0.425 e. The largest absolute Gasteiger partial charge is 0.431 e. The molecule has 1 aromatic carbocycles. The summed E-state index contributed by atoms with van der Waals surface area (Å²) in [5.41, 5.74) is -1.45. The van der Waals surface area contributed by atoms with Gasteiger partial charge in [0.15, 0.2) is 0 Å². The highest BCUT2D eigenvalue weighted by atomic mass is 35.5. The lowest BCUT2D eigenvalue weighted by atomic mass is 10.0. The van der Waals surface area contributed by atoms with Crippen LogP contribution in [0.3, 0.4) is 0 Å².